The van der Waals surface area contributed by atoms with E-state index in [1.807, 2.05) is 137 Å². The van der Waals surface area contributed by atoms with Crippen molar-refractivity contribution in [2.45, 2.75) is 165 Å². The van der Waals surface area contributed by atoms with E-state index in [2.05, 4.69) is 13.6 Å². The fourth-order valence-corrected chi connectivity index (χ4v) is 17.0. The van der Waals surface area contributed by atoms with E-state index >= 15 is 0 Å². The number of ether oxygens (including phenoxy) is 3. The van der Waals surface area contributed by atoms with Crippen LogP contribution in [-0.2, 0) is 123 Å². The largest absolute Gasteiger partial charge is 0.587 e. The van der Waals surface area contributed by atoms with E-state index in [-0.39, 0.29) is 117 Å². The van der Waals surface area contributed by atoms with Gasteiger partial charge in [-0.05, 0) is 78.4 Å². The number of hydrogen-bond acceptors (Lipinski definition) is 27. The molecule has 0 aliphatic heterocycles. The van der Waals surface area contributed by atoms with Gasteiger partial charge in [0.1, 0.15) is 6.10 Å². The SMILES string of the molecule is CC=C\C=C/C=C/C=C/C=C/OP(=O)(O/C=C/C=C/C=C/C=C\C=CC)OC(/C=C/C)/C=C/C=C/C=C/C.COCCOP(=O)(OCCOC)OCCOC.COP(=O)(OC)OC.O=P(OC1CCCCC1)(OC1CCCCC1)OC1CCCCC1.O=P(OCC(Cl)CCl)(OCC(Cl)CCl)OCC(Cl)CCl.O=P(OCCCl)(OCCCl)OCCCl.[HH].[HH].[HH]. The van der Waals surface area contributed by atoms with Gasteiger partial charge in [-0.1, -0.05) is 204 Å². The first-order chi connectivity index (χ1) is 57.8. The molecule has 4 unspecified atom stereocenters. The van der Waals surface area contributed by atoms with Crippen LogP contribution in [0.4, 0.5) is 0 Å². The lowest BCUT2D eigenvalue weighted by atomic mass is 9.98. The maximum absolute atomic E-state index is 13.4. The van der Waals surface area contributed by atoms with Crippen molar-refractivity contribution in [3.63, 3.8) is 0 Å². The molecule has 0 heterocycles. The summed E-state index contributed by atoms with van der Waals surface area (Å²) in [6.45, 7) is 8.98. The molecule has 3 saturated carbocycles. The van der Waals surface area contributed by atoms with E-state index in [9.17, 15) is 27.4 Å². The molecule has 42 heteroatoms. The normalized spacial score (nSPS) is 17.5. The molecule has 0 aromatic carbocycles. The zero-order valence-electron chi connectivity index (χ0n) is 70.6. The molecule has 3 aliphatic rings. The summed E-state index contributed by atoms with van der Waals surface area (Å²) in [6, 6.07) is 0. The summed E-state index contributed by atoms with van der Waals surface area (Å²) < 4.78 is 180. The second-order valence-electron chi connectivity index (χ2n) is 24.1. The van der Waals surface area contributed by atoms with Gasteiger partial charge in [-0.15, -0.1) is 104 Å². The van der Waals surface area contributed by atoms with Crippen LogP contribution in [0.2, 0.25) is 0 Å². The number of allylic oxidation sites excluding steroid dienone is 24. The standard InChI is InChI=1S/C33H41O4P.C18H33O4P.C9H15Cl6O4P.C9H21O7P.C6H12Cl3O4P.C3H9O4P.3H2/c1-5-9-12-15-17-19-21-24-27-31-35-38(34,36-32-28-25-22-20-18-16-13-10-6-2)37-33(29-8-4)30-26-23-14-11-7-3;19-23(20-16-10-4-1-5-11-16,21-17-12-6-2-7-13-17)22-18-14-8-3-9-15-18;10-1-7(13)4-17-20(16,18-5-8(14)2-11)19-6-9(15)3-12;1-11-4-7-14-17(10,15-8-5-12-2)16-9-6-13-3;7-1-4-11-14(10,12-5-2-8)13-6-3-9;1-5-8(4,6-2)7-3;;;/h5-33H,1-4H3;16-18H,1-15H2;7-9H,1-6H2;4-9H2,1-3H3;1-6H2;1-3H3;3*1H/b9-5?,10-6?,11-7+,15-12-,16-13-,19-17+,20-18+,23-14+,24-21+,25-22+,29-8+,30-26+,31-27+,32-28+;;;;;;;;. The van der Waals surface area contributed by atoms with Gasteiger partial charge in [-0.2, -0.15) is 0 Å². The van der Waals surface area contributed by atoms with Gasteiger partial charge in [0.15, 0.2) is 0 Å². The number of phosphoric ester groups is 6. The fourth-order valence-electron chi connectivity index (χ4n) is 8.74. The minimum Gasteiger partial charge on any atom is -0.403 e. The Hall–Kier alpha value is -0.810. The highest BCUT2D eigenvalue weighted by Crippen LogP contribution is 2.57. The van der Waals surface area contributed by atoms with Gasteiger partial charge >= 0.3 is 46.9 Å². The Balaban J connectivity index is -0.000000351. The van der Waals surface area contributed by atoms with E-state index < -0.39 is 69.2 Å². The number of methoxy groups -OCH3 is 3. The maximum atomic E-state index is 13.4. The molecule has 3 rings (SSSR count). The molecule has 704 valence electrons. The first kappa shape index (κ1) is 123. The third-order valence-electron chi connectivity index (χ3n) is 14.4. The Morgan fingerprint density at radius 1 is 0.300 bits per heavy atom. The Morgan fingerprint density at radius 3 is 0.817 bits per heavy atom. The summed E-state index contributed by atoms with van der Waals surface area (Å²) in [5.41, 5.74) is 0. The van der Waals surface area contributed by atoms with E-state index in [0.717, 1.165) is 77.0 Å². The molecule has 0 saturated heterocycles. The lowest BCUT2D eigenvalue weighted by molar-refractivity contribution is 0.00626. The van der Waals surface area contributed by atoms with E-state index in [4.69, 9.17) is 186 Å². The fraction of sp³-hybridized carbons (Fsp3) is 0.641. The topological polar surface area (TPSA) is 296 Å². The van der Waals surface area contributed by atoms with Crippen LogP contribution >= 0.6 is 151 Å². The van der Waals surface area contributed by atoms with E-state index in [1.54, 1.807) is 48.6 Å². The van der Waals surface area contributed by atoms with Gasteiger partial charge in [-0.25, -0.2) is 27.4 Å². The van der Waals surface area contributed by atoms with Crippen molar-refractivity contribution in [1.29, 1.82) is 0 Å². The second kappa shape index (κ2) is 85.0. The predicted molar refractivity (Wildman–Crippen MR) is 497 cm³/mol. The third-order valence-corrected chi connectivity index (χ3v) is 26.0. The molecule has 0 aromatic heterocycles. The average Bonchev–Trinajstić information content (AvgIpc) is 0.830. The second-order valence-corrected chi connectivity index (χ2v) is 38.1. The van der Waals surface area contributed by atoms with Crippen molar-refractivity contribution < 1.29 is 127 Å². The first-order valence-electron chi connectivity index (χ1n) is 38.8. The highest BCUT2D eigenvalue weighted by Gasteiger charge is 2.39. The number of phosphoric acid groups is 6. The molecule has 0 aromatic rings. The molecule has 27 nitrogen and oxygen atoms in total. The van der Waals surface area contributed by atoms with Gasteiger partial charge in [0.2, 0.25) is 0 Å². The van der Waals surface area contributed by atoms with Crippen LogP contribution in [0.25, 0.3) is 0 Å². The molecule has 120 heavy (non-hydrogen) atoms. The molecular formula is C78H137Cl9O27P6. The number of rotatable bonds is 60. The van der Waals surface area contributed by atoms with Crippen molar-refractivity contribution in [2.75, 3.05) is 157 Å². The smallest absolute Gasteiger partial charge is 0.403 e. The Kier molecular flexibility index (Phi) is 87.4. The predicted octanol–water partition coefficient (Wildman–Crippen LogP) is 26.8. The highest BCUT2D eigenvalue weighted by molar-refractivity contribution is 7.50. The zero-order valence-corrected chi connectivity index (χ0v) is 82.8. The van der Waals surface area contributed by atoms with Crippen molar-refractivity contribution in [2.24, 2.45) is 0 Å². The van der Waals surface area contributed by atoms with Crippen molar-refractivity contribution in [3.8, 4) is 0 Å². The first-order valence-corrected chi connectivity index (χ1v) is 52.1. The summed E-state index contributed by atoms with van der Waals surface area (Å²) in [5, 5.41) is -1.59. The highest BCUT2D eigenvalue weighted by atomic mass is 35.5. The molecular weight excluding hydrogens is 1870 g/mol. The minimum absolute atomic E-state index is 0. The van der Waals surface area contributed by atoms with Crippen LogP contribution in [0, 0.1) is 0 Å². The number of alkyl halides is 9. The molecule has 3 aliphatic carbocycles. The molecule has 0 spiro atoms. The van der Waals surface area contributed by atoms with Gasteiger partial charge in [0.05, 0.1) is 126 Å². The summed E-state index contributed by atoms with van der Waals surface area (Å²) >= 11 is 50.0. The van der Waals surface area contributed by atoms with Crippen LogP contribution in [0.1, 0.15) is 128 Å². The average molecular weight is 2010 g/mol. The number of hydrogen-bond donors (Lipinski definition) is 0. The molecule has 0 amide bonds. The molecule has 3 fully saturated rings. The van der Waals surface area contributed by atoms with Gasteiger partial charge in [0, 0.05) is 82.2 Å². The minimum atomic E-state index is -3.97. The summed E-state index contributed by atoms with van der Waals surface area (Å²) in [6.07, 6.45) is 66.9. The number of halogens is 9. The van der Waals surface area contributed by atoms with Gasteiger partial charge < -0.3 is 23.3 Å². The van der Waals surface area contributed by atoms with E-state index in [1.165, 1.54) is 74.4 Å². The Labute approximate surface area is 765 Å². The van der Waals surface area contributed by atoms with Crippen LogP contribution in [0.5, 0.6) is 0 Å². The molecule has 0 bridgehead atoms. The molecule has 0 N–H and O–H groups in total. The van der Waals surface area contributed by atoms with E-state index in [0.29, 0.717) is 19.8 Å². The lowest BCUT2D eigenvalue weighted by Crippen LogP contribution is -2.24. The Morgan fingerprint density at radius 2 is 0.567 bits per heavy atom. The summed E-state index contributed by atoms with van der Waals surface area (Å²) in [4.78, 5) is 0. The van der Waals surface area contributed by atoms with Crippen molar-refractivity contribution in [1.82, 2.24) is 0 Å². The van der Waals surface area contributed by atoms with Crippen molar-refractivity contribution in [3.05, 3.63) is 171 Å². The lowest BCUT2D eigenvalue weighted by Gasteiger charge is -2.33. The summed E-state index contributed by atoms with van der Waals surface area (Å²) in [5.74, 6) is 0.999. The zero-order chi connectivity index (χ0) is 90.0. The quantitative estimate of drug-likeness (QED) is 0.0136. The molecule has 0 radical (unpaired) electrons. The van der Waals surface area contributed by atoms with Crippen LogP contribution in [0.15, 0.2) is 171 Å². The third kappa shape index (κ3) is 75.1. The van der Waals surface area contributed by atoms with Crippen LogP contribution in [0.3, 0.4) is 0 Å². The summed E-state index contributed by atoms with van der Waals surface area (Å²) in [7, 11) is -13.1. The Bertz CT molecular complexity index is 2990. The van der Waals surface area contributed by atoms with Gasteiger partial charge in [-0.3, -0.25) is 72.4 Å². The molecule has 4 atom stereocenters. The monoisotopic (exact) mass is 2010 g/mol. The van der Waals surface area contributed by atoms with Crippen LogP contribution < -0.4 is 0 Å². The van der Waals surface area contributed by atoms with Gasteiger partial charge in [0.25, 0.3) is 0 Å². The maximum Gasteiger partial charge on any atom is 0.587 e. The van der Waals surface area contributed by atoms with Crippen molar-refractivity contribution >= 4 is 151 Å². The van der Waals surface area contributed by atoms with Crippen LogP contribution in [-0.4, -0.2) is 198 Å².